The molecule has 0 saturated heterocycles. The van der Waals surface area contributed by atoms with Gasteiger partial charge in [0, 0.05) is 41.6 Å². The van der Waals surface area contributed by atoms with Crippen LogP contribution in [0.3, 0.4) is 0 Å². The summed E-state index contributed by atoms with van der Waals surface area (Å²) in [5.74, 6) is -0.947. The number of benzene rings is 1. The third-order valence-corrected chi connectivity index (χ3v) is 5.58. The molecule has 1 aliphatic heterocycles. The molecule has 0 spiro atoms. The van der Waals surface area contributed by atoms with Gasteiger partial charge in [-0.05, 0) is 26.3 Å². The molecule has 31 heavy (non-hydrogen) atoms. The number of ether oxygens (including phenoxy) is 2. The average molecular weight is 450 g/mol. The van der Waals surface area contributed by atoms with Gasteiger partial charge >= 0.3 is 11.9 Å². The minimum atomic E-state index is -0.868. The first kappa shape index (κ1) is 24.4. The lowest BCUT2D eigenvalue weighted by molar-refractivity contribution is -0.384. The third-order valence-electron chi connectivity index (χ3n) is 4.56. The van der Waals surface area contributed by atoms with Gasteiger partial charge in [-0.2, -0.15) is 11.8 Å². The number of thioether (sulfide) groups is 1. The topological polar surface area (TPSA) is 134 Å². The molecule has 0 aliphatic carbocycles. The van der Waals surface area contributed by atoms with E-state index in [1.165, 1.54) is 30.0 Å². The smallest absolute Gasteiger partial charge is 0.336 e. The number of nitrogens with two attached hydrogens (primary N) is 1. The fraction of sp³-hybridized carbons (Fsp3) is 0.429. The number of nitro benzene ring substituents is 1. The van der Waals surface area contributed by atoms with Crippen LogP contribution in [0.5, 0.6) is 0 Å². The number of nitro groups is 1. The van der Waals surface area contributed by atoms with Crippen LogP contribution in [0.1, 0.15) is 32.3 Å². The lowest BCUT2D eigenvalue weighted by Crippen LogP contribution is -2.34. The molecule has 9 nitrogen and oxygen atoms in total. The van der Waals surface area contributed by atoms with Crippen LogP contribution in [0.4, 0.5) is 5.69 Å². The fourth-order valence-electron chi connectivity index (χ4n) is 3.35. The maximum absolute atomic E-state index is 13.0. The van der Waals surface area contributed by atoms with E-state index >= 15 is 0 Å². The van der Waals surface area contributed by atoms with Gasteiger partial charge in [0.15, 0.2) is 0 Å². The van der Waals surface area contributed by atoms with Gasteiger partial charge in [-0.15, -0.1) is 0 Å². The lowest BCUT2D eigenvalue weighted by atomic mass is 9.80. The Hall–Kier alpha value is -2.85. The molecule has 0 fully saturated rings. The molecule has 1 heterocycles. The molecule has 0 aromatic heterocycles. The molecule has 0 amide bonds. The summed E-state index contributed by atoms with van der Waals surface area (Å²) in [5.41, 5.74) is 7.44. The fourth-order valence-corrected chi connectivity index (χ4v) is 4.09. The van der Waals surface area contributed by atoms with Crippen molar-refractivity contribution in [2.75, 3.05) is 31.3 Å². The molecule has 168 valence electrons. The van der Waals surface area contributed by atoms with Crippen molar-refractivity contribution < 1.29 is 24.0 Å². The van der Waals surface area contributed by atoms with Crippen molar-refractivity contribution in [1.29, 1.82) is 0 Å². The summed E-state index contributed by atoms with van der Waals surface area (Å²) in [5, 5.41) is 14.5. The first-order valence-electron chi connectivity index (χ1n) is 9.92. The van der Waals surface area contributed by atoms with Crippen LogP contribution in [-0.2, 0) is 19.1 Å². The highest BCUT2D eigenvalue weighted by Gasteiger charge is 2.39. The van der Waals surface area contributed by atoms with Crippen molar-refractivity contribution in [3.05, 3.63) is 62.5 Å². The molecule has 1 atom stereocenters. The van der Waals surface area contributed by atoms with E-state index in [4.69, 9.17) is 15.2 Å². The summed E-state index contributed by atoms with van der Waals surface area (Å²) < 4.78 is 10.5. The van der Waals surface area contributed by atoms with E-state index in [1.54, 1.807) is 26.8 Å². The molecular weight excluding hydrogens is 422 g/mol. The van der Waals surface area contributed by atoms with Crippen LogP contribution in [0.25, 0.3) is 0 Å². The normalized spacial score (nSPS) is 16.1. The minimum absolute atomic E-state index is 0.140. The summed E-state index contributed by atoms with van der Waals surface area (Å²) in [7, 11) is 0. The highest BCUT2D eigenvalue weighted by Crippen LogP contribution is 2.40. The highest BCUT2D eigenvalue weighted by molar-refractivity contribution is 7.99. The molecule has 1 aliphatic rings. The van der Waals surface area contributed by atoms with Crippen molar-refractivity contribution in [1.82, 2.24) is 5.32 Å². The van der Waals surface area contributed by atoms with E-state index in [0.29, 0.717) is 35.0 Å². The Bertz CT molecular complexity index is 912. The highest BCUT2D eigenvalue weighted by atomic mass is 32.2. The first-order valence-corrected chi connectivity index (χ1v) is 11.1. The zero-order valence-electron chi connectivity index (χ0n) is 17.8. The first-order chi connectivity index (χ1) is 14.8. The largest absolute Gasteiger partial charge is 0.463 e. The predicted octanol–water partition coefficient (Wildman–Crippen LogP) is 2.63. The quantitative estimate of drug-likeness (QED) is 0.239. The predicted molar refractivity (Wildman–Crippen MR) is 118 cm³/mol. The molecule has 0 saturated carbocycles. The average Bonchev–Trinajstić information content (AvgIpc) is 2.73. The Morgan fingerprint density at radius 3 is 2.42 bits per heavy atom. The van der Waals surface area contributed by atoms with Gasteiger partial charge in [-0.25, -0.2) is 9.59 Å². The minimum Gasteiger partial charge on any atom is -0.463 e. The molecule has 1 unspecified atom stereocenters. The van der Waals surface area contributed by atoms with Gasteiger partial charge in [-0.3, -0.25) is 10.1 Å². The van der Waals surface area contributed by atoms with Crippen LogP contribution >= 0.6 is 11.8 Å². The van der Waals surface area contributed by atoms with E-state index in [2.05, 4.69) is 5.32 Å². The molecule has 3 N–H and O–H groups in total. The van der Waals surface area contributed by atoms with Crippen LogP contribution in [0, 0.1) is 10.1 Å². The number of nitrogens with one attached hydrogen (secondary N) is 1. The van der Waals surface area contributed by atoms with Crippen molar-refractivity contribution >= 4 is 29.4 Å². The number of hydrogen-bond acceptors (Lipinski definition) is 9. The van der Waals surface area contributed by atoms with Gasteiger partial charge in [0.05, 0.1) is 35.2 Å². The monoisotopic (exact) mass is 449 g/mol. The molecule has 1 aromatic carbocycles. The van der Waals surface area contributed by atoms with Crippen molar-refractivity contribution in [3.8, 4) is 0 Å². The number of allylic oxidation sites excluding steroid dienone is 1. The zero-order chi connectivity index (χ0) is 23.0. The molecule has 0 radical (unpaired) electrons. The van der Waals surface area contributed by atoms with Gasteiger partial charge < -0.3 is 20.5 Å². The number of non-ortho nitro benzene ring substituents is 1. The van der Waals surface area contributed by atoms with Crippen LogP contribution in [-0.4, -0.2) is 48.1 Å². The maximum atomic E-state index is 13.0. The van der Waals surface area contributed by atoms with Crippen LogP contribution in [0.15, 0.2) is 46.8 Å². The van der Waals surface area contributed by atoms with Gasteiger partial charge in [0.1, 0.15) is 0 Å². The molecule has 2 rings (SSSR count). The summed E-state index contributed by atoms with van der Waals surface area (Å²) in [6.45, 7) is 5.85. The van der Waals surface area contributed by atoms with Crippen LogP contribution < -0.4 is 11.1 Å². The van der Waals surface area contributed by atoms with E-state index in [-0.39, 0.29) is 30.0 Å². The third kappa shape index (κ3) is 5.86. The Morgan fingerprint density at radius 1 is 1.19 bits per heavy atom. The molecule has 1 aromatic rings. The summed E-state index contributed by atoms with van der Waals surface area (Å²) in [6, 6.07) is 5.90. The van der Waals surface area contributed by atoms with Crippen LogP contribution in [0.2, 0.25) is 0 Å². The standard InChI is InChI=1S/C21H27N3O6S/c1-4-29-20(25)17-13(3)23-16(12-31-10-9-22)19(21(26)30-5-2)18(17)14-7-6-8-15(11-14)24(27)28/h6-8,11,18,23H,4-5,9-10,12,22H2,1-3H3. The number of carbonyl (C=O) groups is 2. The summed E-state index contributed by atoms with van der Waals surface area (Å²) in [4.78, 5) is 36.7. The Morgan fingerprint density at radius 2 is 1.84 bits per heavy atom. The number of rotatable bonds is 10. The number of esters is 2. The van der Waals surface area contributed by atoms with E-state index in [1.807, 2.05) is 0 Å². The Kier molecular flexibility index (Phi) is 9.07. The summed E-state index contributed by atoms with van der Waals surface area (Å²) in [6.07, 6.45) is 0. The van der Waals surface area contributed by atoms with E-state index in [9.17, 15) is 19.7 Å². The van der Waals surface area contributed by atoms with Gasteiger partial charge in [-0.1, -0.05) is 12.1 Å². The molecular formula is C21H27N3O6S. The number of carbonyl (C=O) groups excluding carboxylic acids is 2. The van der Waals surface area contributed by atoms with Crippen molar-refractivity contribution in [2.24, 2.45) is 5.73 Å². The zero-order valence-corrected chi connectivity index (χ0v) is 18.6. The number of nitrogens with zero attached hydrogens (tertiary/aromatic N) is 1. The SMILES string of the molecule is CCOC(=O)C1=C(C)NC(CSCCN)=C(C(=O)OCC)C1c1cccc([N+](=O)[O-])c1. The van der Waals surface area contributed by atoms with Crippen molar-refractivity contribution in [2.45, 2.75) is 26.7 Å². The second-order valence-electron chi connectivity index (χ2n) is 6.62. The maximum Gasteiger partial charge on any atom is 0.336 e. The van der Waals surface area contributed by atoms with Crippen molar-refractivity contribution in [3.63, 3.8) is 0 Å². The second-order valence-corrected chi connectivity index (χ2v) is 7.73. The molecule has 0 bridgehead atoms. The second kappa shape index (κ2) is 11.5. The Labute approximate surface area is 185 Å². The van der Waals surface area contributed by atoms with E-state index < -0.39 is 22.8 Å². The lowest BCUT2D eigenvalue weighted by Gasteiger charge is -2.31. The number of hydrogen-bond donors (Lipinski definition) is 2. The molecule has 10 heteroatoms. The number of dihydropyridines is 1. The summed E-state index contributed by atoms with van der Waals surface area (Å²) >= 11 is 1.53. The Balaban J connectivity index is 2.70. The van der Waals surface area contributed by atoms with Gasteiger partial charge in [0.25, 0.3) is 5.69 Å². The van der Waals surface area contributed by atoms with Gasteiger partial charge in [0.2, 0.25) is 0 Å². The van der Waals surface area contributed by atoms with E-state index in [0.717, 1.165) is 0 Å².